The zero-order valence-corrected chi connectivity index (χ0v) is 18.4. The Morgan fingerprint density at radius 2 is 2.03 bits per heavy atom. The van der Waals surface area contributed by atoms with E-state index in [1.54, 1.807) is 0 Å². The van der Waals surface area contributed by atoms with E-state index in [4.69, 9.17) is 4.74 Å². The molecule has 0 saturated carbocycles. The standard InChI is InChI=1S/C22H28N4O3S/c1-15-14-26(10-11-29-15)21-9-4-18(12-23-21)13-24-22(28)16(2)30-20-7-5-19(6-8-20)25-17(3)27/h4-9,12,15-16H,10-11,13-14H2,1-3H3,(H,24,28)(H,25,27). The first kappa shape index (κ1) is 22.1. The average molecular weight is 429 g/mol. The van der Waals surface area contributed by atoms with Crippen LogP contribution >= 0.6 is 11.8 Å². The van der Waals surface area contributed by atoms with Crippen molar-refractivity contribution >= 4 is 35.1 Å². The molecule has 1 aliphatic heterocycles. The molecule has 1 aromatic heterocycles. The van der Waals surface area contributed by atoms with Crippen molar-refractivity contribution in [2.75, 3.05) is 29.9 Å². The van der Waals surface area contributed by atoms with Crippen LogP contribution in [-0.4, -0.2) is 47.8 Å². The number of ether oxygens (including phenoxy) is 1. The Kier molecular flexibility index (Phi) is 7.70. The van der Waals surface area contributed by atoms with Crippen molar-refractivity contribution in [1.29, 1.82) is 0 Å². The highest BCUT2D eigenvalue weighted by Gasteiger charge is 2.18. The third kappa shape index (κ3) is 6.47. The molecule has 2 atom stereocenters. The number of aromatic nitrogens is 1. The maximum absolute atomic E-state index is 12.5. The average Bonchev–Trinajstić information content (AvgIpc) is 2.73. The highest BCUT2D eigenvalue weighted by Crippen LogP contribution is 2.25. The second-order valence-corrected chi connectivity index (χ2v) is 8.75. The van der Waals surface area contributed by atoms with Crippen LogP contribution < -0.4 is 15.5 Å². The molecular formula is C22H28N4O3S. The molecule has 7 nitrogen and oxygen atoms in total. The highest BCUT2D eigenvalue weighted by atomic mass is 32.2. The first-order valence-electron chi connectivity index (χ1n) is 10.0. The van der Waals surface area contributed by atoms with E-state index < -0.39 is 0 Å². The van der Waals surface area contributed by atoms with E-state index in [9.17, 15) is 9.59 Å². The number of benzene rings is 1. The van der Waals surface area contributed by atoms with E-state index >= 15 is 0 Å². The molecule has 30 heavy (non-hydrogen) atoms. The van der Waals surface area contributed by atoms with Gasteiger partial charge in [0.05, 0.1) is 18.0 Å². The van der Waals surface area contributed by atoms with Crippen LogP contribution in [0.25, 0.3) is 0 Å². The van der Waals surface area contributed by atoms with Crippen molar-refractivity contribution in [2.45, 2.75) is 43.6 Å². The summed E-state index contributed by atoms with van der Waals surface area (Å²) in [6.45, 7) is 8.25. The minimum absolute atomic E-state index is 0.0305. The van der Waals surface area contributed by atoms with Gasteiger partial charge in [-0.1, -0.05) is 6.07 Å². The maximum atomic E-state index is 12.5. The van der Waals surface area contributed by atoms with Gasteiger partial charge in [-0.15, -0.1) is 11.8 Å². The minimum atomic E-state index is -0.237. The third-order valence-electron chi connectivity index (χ3n) is 4.70. The summed E-state index contributed by atoms with van der Waals surface area (Å²) in [7, 11) is 0. The zero-order valence-electron chi connectivity index (χ0n) is 17.6. The summed E-state index contributed by atoms with van der Waals surface area (Å²) in [5.74, 6) is 0.800. The second-order valence-electron chi connectivity index (χ2n) is 7.34. The van der Waals surface area contributed by atoms with Crippen LogP contribution in [0.15, 0.2) is 47.5 Å². The molecular weight excluding hydrogens is 400 g/mol. The predicted molar refractivity (Wildman–Crippen MR) is 120 cm³/mol. The Morgan fingerprint density at radius 3 is 2.67 bits per heavy atom. The van der Waals surface area contributed by atoms with Gasteiger partial charge in [0, 0.05) is 43.3 Å². The summed E-state index contributed by atoms with van der Waals surface area (Å²) < 4.78 is 5.57. The Hall–Kier alpha value is -2.58. The van der Waals surface area contributed by atoms with E-state index in [2.05, 4.69) is 27.4 Å². The molecule has 2 heterocycles. The van der Waals surface area contributed by atoms with E-state index in [1.807, 2.05) is 49.5 Å². The third-order valence-corrected chi connectivity index (χ3v) is 5.81. The number of nitrogens with one attached hydrogen (secondary N) is 2. The van der Waals surface area contributed by atoms with Crippen LogP contribution in [0.1, 0.15) is 26.3 Å². The van der Waals surface area contributed by atoms with Gasteiger partial charge in [0.25, 0.3) is 0 Å². The van der Waals surface area contributed by atoms with Crippen molar-refractivity contribution in [2.24, 2.45) is 0 Å². The number of thioether (sulfide) groups is 1. The SMILES string of the molecule is CC(=O)Nc1ccc(SC(C)C(=O)NCc2ccc(N3CCOC(C)C3)nc2)cc1. The molecule has 1 saturated heterocycles. The number of amides is 2. The van der Waals surface area contributed by atoms with Gasteiger partial charge in [-0.05, 0) is 49.7 Å². The molecule has 1 aromatic carbocycles. The second kappa shape index (κ2) is 10.4. The fourth-order valence-electron chi connectivity index (χ4n) is 3.15. The molecule has 2 amide bonds. The van der Waals surface area contributed by atoms with Crippen LogP contribution in [0.2, 0.25) is 0 Å². The lowest BCUT2D eigenvalue weighted by Crippen LogP contribution is -2.41. The number of pyridine rings is 1. The van der Waals surface area contributed by atoms with E-state index in [-0.39, 0.29) is 23.2 Å². The normalized spacial score (nSPS) is 17.3. The molecule has 2 unspecified atom stereocenters. The number of hydrogen-bond acceptors (Lipinski definition) is 6. The summed E-state index contributed by atoms with van der Waals surface area (Å²) in [4.78, 5) is 31.3. The summed E-state index contributed by atoms with van der Waals surface area (Å²) in [6, 6.07) is 11.5. The van der Waals surface area contributed by atoms with Crippen LogP contribution in [0.5, 0.6) is 0 Å². The summed E-state index contributed by atoms with van der Waals surface area (Å²) in [5, 5.41) is 5.47. The lowest BCUT2D eigenvalue weighted by molar-refractivity contribution is -0.120. The molecule has 0 radical (unpaired) electrons. The van der Waals surface area contributed by atoms with Crippen molar-refractivity contribution in [1.82, 2.24) is 10.3 Å². The fraction of sp³-hybridized carbons (Fsp3) is 0.409. The maximum Gasteiger partial charge on any atom is 0.233 e. The van der Waals surface area contributed by atoms with Gasteiger partial charge in [-0.3, -0.25) is 9.59 Å². The largest absolute Gasteiger partial charge is 0.375 e. The number of carbonyl (C=O) groups excluding carboxylic acids is 2. The van der Waals surface area contributed by atoms with Gasteiger partial charge < -0.3 is 20.3 Å². The lowest BCUT2D eigenvalue weighted by Gasteiger charge is -2.32. The molecule has 0 spiro atoms. The Balaban J connectivity index is 1.47. The van der Waals surface area contributed by atoms with E-state index in [0.29, 0.717) is 13.2 Å². The molecule has 1 aliphatic rings. The molecule has 0 aliphatic carbocycles. The number of nitrogens with zero attached hydrogens (tertiary/aromatic N) is 2. The first-order chi connectivity index (χ1) is 14.4. The van der Waals surface area contributed by atoms with Gasteiger partial charge in [0.1, 0.15) is 5.82 Å². The van der Waals surface area contributed by atoms with E-state index in [1.165, 1.54) is 18.7 Å². The van der Waals surface area contributed by atoms with Crippen molar-refractivity contribution in [3.05, 3.63) is 48.2 Å². The Labute approximate surface area is 181 Å². The van der Waals surface area contributed by atoms with Gasteiger partial charge in [-0.25, -0.2) is 4.98 Å². The summed E-state index contributed by atoms with van der Waals surface area (Å²) in [5.41, 5.74) is 1.71. The monoisotopic (exact) mass is 428 g/mol. The van der Waals surface area contributed by atoms with Crippen LogP contribution in [-0.2, 0) is 20.9 Å². The highest BCUT2D eigenvalue weighted by molar-refractivity contribution is 8.00. The van der Waals surface area contributed by atoms with Crippen LogP contribution in [0, 0.1) is 0 Å². The number of anilines is 2. The number of hydrogen-bond donors (Lipinski definition) is 2. The van der Waals surface area contributed by atoms with E-state index in [0.717, 1.165) is 35.1 Å². The summed E-state index contributed by atoms with van der Waals surface area (Å²) in [6.07, 6.45) is 2.02. The van der Waals surface area contributed by atoms with Crippen LogP contribution in [0.3, 0.4) is 0 Å². The van der Waals surface area contributed by atoms with Gasteiger partial charge in [0.15, 0.2) is 0 Å². The molecule has 160 valence electrons. The molecule has 0 bridgehead atoms. The van der Waals surface area contributed by atoms with Crippen molar-refractivity contribution in [3.8, 4) is 0 Å². The Bertz CT molecular complexity index is 858. The van der Waals surface area contributed by atoms with Crippen LogP contribution in [0.4, 0.5) is 11.5 Å². The van der Waals surface area contributed by atoms with Crippen molar-refractivity contribution in [3.63, 3.8) is 0 Å². The molecule has 2 N–H and O–H groups in total. The smallest absolute Gasteiger partial charge is 0.233 e. The molecule has 3 rings (SSSR count). The quantitative estimate of drug-likeness (QED) is 0.660. The first-order valence-corrected chi connectivity index (χ1v) is 10.9. The number of carbonyl (C=O) groups is 2. The number of rotatable bonds is 7. The Morgan fingerprint density at radius 1 is 1.27 bits per heavy atom. The fourth-order valence-corrected chi connectivity index (χ4v) is 4.04. The van der Waals surface area contributed by atoms with Gasteiger partial charge in [-0.2, -0.15) is 0 Å². The lowest BCUT2D eigenvalue weighted by atomic mass is 10.2. The predicted octanol–water partition coefficient (Wildman–Crippen LogP) is 3.06. The summed E-state index contributed by atoms with van der Waals surface area (Å²) >= 11 is 1.48. The number of morpholine rings is 1. The minimum Gasteiger partial charge on any atom is -0.375 e. The van der Waals surface area contributed by atoms with Gasteiger partial charge >= 0.3 is 0 Å². The topological polar surface area (TPSA) is 83.6 Å². The zero-order chi connectivity index (χ0) is 21.5. The van der Waals surface area contributed by atoms with Gasteiger partial charge in [0.2, 0.25) is 11.8 Å². The molecule has 1 fully saturated rings. The molecule has 8 heteroatoms. The molecule has 2 aromatic rings. The van der Waals surface area contributed by atoms with Crippen molar-refractivity contribution < 1.29 is 14.3 Å².